The van der Waals surface area contributed by atoms with E-state index in [0.29, 0.717) is 32.6 Å². The molecule has 1 amide bonds. The fourth-order valence-electron chi connectivity index (χ4n) is 4.51. The Morgan fingerprint density at radius 1 is 1.03 bits per heavy atom. The zero-order valence-electron chi connectivity index (χ0n) is 20.4. The van der Waals surface area contributed by atoms with Crippen molar-refractivity contribution in [2.75, 3.05) is 0 Å². The van der Waals surface area contributed by atoms with Crippen LogP contribution >= 0.6 is 50.5 Å². The van der Waals surface area contributed by atoms with Gasteiger partial charge in [-0.3, -0.25) is 14.6 Å². The zero-order valence-corrected chi connectivity index (χ0v) is 24.4. The second-order valence-electron chi connectivity index (χ2n) is 9.15. The number of carbonyl (C=O) groups excluding carboxylic acids is 1. The summed E-state index contributed by atoms with van der Waals surface area (Å²) < 4.78 is 2.27. The third-order valence-electron chi connectivity index (χ3n) is 6.58. The average Bonchev–Trinajstić information content (AvgIpc) is 3.42. The number of hydrogen-bond donors (Lipinski definition) is 1. The Bertz CT molecular complexity index is 1770. The smallest absolute Gasteiger partial charge is 0.267 e. The molecule has 196 valence electrons. The molecule has 1 aliphatic heterocycles. The number of halogens is 3. The van der Waals surface area contributed by atoms with E-state index < -0.39 is 5.38 Å². The van der Waals surface area contributed by atoms with Gasteiger partial charge in [0, 0.05) is 20.4 Å². The lowest BCUT2D eigenvalue weighted by atomic mass is 9.95. The first-order chi connectivity index (χ1) is 18.8. The summed E-state index contributed by atoms with van der Waals surface area (Å²) in [5, 5.41) is 4.27. The number of hydrogen-bond acceptors (Lipinski definition) is 6. The minimum absolute atomic E-state index is 0.106. The molecule has 0 spiro atoms. The Morgan fingerprint density at radius 3 is 2.51 bits per heavy atom. The van der Waals surface area contributed by atoms with E-state index in [0.717, 1.165) is 21.2 Å². The maximum atomic E-state index is 13.8. The molecule has 0 aliphatic carbocycles. The van der Waals surface area contributed by atoms with Crippen molar-refractivity contribution in [1.82, 2.24) is 25.0 Å². The van der Waals surface area contributed by atoms with Gasteiger partial charge in [-0.25, -0.2) is 20.0 Å². The molecule has 1 saturated heterocycles. The Labute approximate surface area is 246 Å². The Hall–Kier alpha value is -3.08. The van der Waals surface area contributed by atoms with Gasteiger partial charge in [0.25, 0.3) is 11.5 Å². The number of aromatic nitrogens is 3. The van der Waals surface area contributed by atoms with Crippen molar-refractivity contribution in [2.24, 2.45) is 0 Å². The SMILES string of the molecule is Cc1ccc(C2C(Cl)C(=O)N2NCc2nc3ccc(Br)cc3c(=O)n2-c2nc(-c3ccc(Cl)cc3)cs2)cc1. The number of aryl methyl sites for hydroxylation is 1. The van der Waals surface area contributed by atoms with E-state index in [1.165, 1.54) is 20.9 Å². The third-order valence-corrected chi connectivity index (χ3v) is 8.57. The number of thiazole rings is 1. The van der Waals surface area contributed by atoms with Gasteiger partial charge >= 0.3 is 0 Å². The Morgan fingerprint density at radius 2 is 1.77 bits per heavy atom. The zero-order chi connectivity index (χ0) is 27.3. The number of amides is 1. The second-order valence-corrected chi connectivity index (χ2v) is 11.8. The molecule has 2 atom stereocenters. The minimum atomic E-state index is -0.676. The van der Waals surface area contributed by atoms with Crippen molar-refractivity contribution in [3.8, 4) is 16.4 Å². The predicted octanol–water partition coefficient (Wildman–Crippen LogP) is 6.43. The van der Waals surface area contributed by atoms with E-state index in [-0.39, 0.29) is 24.1 Å². The van der Waals surface area contributed by atoms with Crippen LogP contribution in [0.1, 0.15) is 23.0 Å². The molecular formula is C28H20BrCl2N5O2S. The van der Waals surface area contributed by atoms with Crippen LogP contribution in [0, 0.1) is 6.92 Å². The highest BCUT2D eigenvalue weighted by molar-refractivity contribution is 9.10. The van der Waals surface area contributed by atoms with Gasteiger partial charge in [0.2, 0.25) is 0 Å². The van der Waals surface area contributed by atoms with E-state index >= 15 is 0 Å². The number of nitrogens with zero attached hydrogens (tertiary/aromatic N) is 4. The van der Waals surface area contributed by atoms with Crippen LogP contribution in [-0.4, -0.2) is 30.8 Å². The molecule has 3 aromatic carbocycles. The Kier molecular flexibility index (Phi) is 7.03. The highest BCUT2D eigenvalue weighted by atomic mass is 79.9. The van der Waals surface area contributed by atoms with E-state index in [4.69, 9.17) is 33.2 Å². The van der Waals surface area contributed by atoms with Gasteiger partial charge < -0.3 is 0 Å². The van der Waals surface area contributed by atoms with E-state index in [1.54, 1.807) is 24.3 Å². The topological polar surface area (TPSA) is 80.1 Å². The van der Waals surface area contributed by atoms with Crippen molar-refractivity contribution in [3.05, 3.63) is 109 Å². The first-order valence-electron chi connectivity index (χ1n) is 12.0. The summed E-state index contributed by atoms with van der Waals surface area (Å²) in [6.45, 7) is 2.11. The highest BCUT2D eigenvalue weighted by Crippen LogP contribution is 2.37. The van der Waals surface area contributed by atoms with Gasteiger partial charge in [-0.1, -0.05) is 69.5 Å². The molecule has 1 fully saturated rings. The molecule has 39 heavy (non-hydrogen) atoms. The van der Waals surface area contributed by atoms with Crippen LogP contribution in [0.5, 0.6) is 0 Å². The second kappa shape index (κ2) is 10.5. The normalized spacial score (nSPS) is 17.0. The number of rotatable bonds is 6. The fraction of sp³-hybridized carbons (Fsp3) is 0.143. The maximum absolute atomic E-state index is 13.8. The van der Waals surface area contributed by atoms with Crippen molar-refractivity contribution in [3.63, 3.8) is 0 Å². The predicted molar refractivity (Wildman–Crippen MR) is 158 cm³/mol. The molecule has 5 aromatic rings. The van der Waals surface area contributed by atoms with Gasteiger partial charge in [-0.15, -0.1) is 22.9 Å². The molecule has 2 unspecified atom stereocenters. The van der Waals surface area contributed by atoms with Crippen LogP contribution in [0.2, 0.25) is 5.02 Å². The first-order valence-corrected chi connectivity index (χ1v) is 14.5. The standard InChI is InChI=1S/C28H20BrCl2N5O2S/c1-15-2-4-17(5-3-15)25-24(31)27(38)36(25)32-13-23-33-21-11-8-18(29)12-20(21)26(37)35(23)28-34-22(14-39-28)16-6-9-19(30)10-7-16/h2-12,14,24-25,32H,13H2,1H3. The molecule has 1 aliphatic rings. The van der Waals surface area contributed by atoms with E-state index in [9.17, 15) is 9.59 Å². The van der Waals surface area contributed by atoms with Gasteiger partial charge in [-0.2, -0.15) is 0 Å². The molecule has 0 bridgehead atoms. The highest BCUT2D eigenvalue weighted by Gasteiger charge is 2.47. The molecule has 0 radical (unpaired) electrons. The minimum Gasteiger partial charge on any atom is -0.272 e. The lowest BCUT2D eigenvalue weighted by Crippen LogP contribution is -2.61. The molecular weight excluding hydrogens is 621 g/mol. The fourth-order valence-corrected chi connectivity index (χ4v) is 6.21. The van der Waals surface area contributed by atoms with Crippen molar-refractivity contribution in [1.29, 1.82) is 0 Å². The van der Waals surface area contributed by atoms with Crippen LogP contribution < -0.4 is 11.0 Å². The summed E-state index contributed by atoms with van der Waals surface area (Å²) in [7, 11) is 0. The number of hydrazine groups is 1. The molecule has 2 aromatic heterocycles. The summed E-state index contributed by atoms with van der Waals surface area (Å²) in [5.74, 6) is 0.181. The summed E-state index contributed by atoms with van der Waals surface area (Å²) in [5.41, 5.74) is 7.10. The number of nitrogens with one attached hydrogen (secondary N) is 1. The molecule has 3 heterocycles. The van der Waals surface area contributed by atoms with Crippen LogP contribution in [0.3, 0.4) is 0 Å². The number of benzene rings is 3. The van der Waals surface area contributed by atoms with Gasteiger partial charge in [0.05, 0.1) is 29.2 Å². The van der Waals surface area contributed by atoms with E-state index in [2.05, 4.69) is 21.4 Å². The van der Waals surface area contributed by atoms with Crippen molar-refractivity contribution < 1.29 is 4.79 Å². The average molecular weight is 641 g/mol. The molecule has 0 saturated carbocycles. The molecule has 11 heteroatoms. The van der Waals surface area contributed by atoms with Gasteiger partial charge in [-0.05, 0) is 42.8 Å². The lowest BCUT2D eigenvalue weighted by Gasteiger charge is -2.44. The largest absolute Gasteiger partial charge is 0.272 e. The maximum Gasteiger partial charge on any atom is 0.267 e. The summed E-state index contributed by atoms with van der Waals surface area (Å²) in [6.07, 6.45) is 0. The van der Waals surface area contributed by atoms with Crippen LogP contribution in [-0.2, 0) is 11.3 Å². The van der Waals surface area contributed by atoms with Gasteiger partial charge in [0.1, 0.15) is 11.2 Å². The first kappa shape index (κ1) is 26.2. The van der Waals surface area contributed by atoms with Gasteiger partial charge in [0.15, 0.2) is 5.13 Å². The Balaban J connectivity index is 1.38. The summed E-state index contributed by atoms with van der Waals surface area (Å²) in [4.78, 5) is 36.0. The lowest BCUT2D eigenvalue weighted by molar-refractivity contribution is -0.151. The quantitative estimate of drug-likeness (QED) is 0.171. The molecule has 7 nitrogen and oxygen atoms in total. The van der Waals surface area contributed by atoms with E-state index in [1.807, 2.05) is 54.8 Å². The molecule has 1 N–H and O–H groups in total. The van der Waals surface area contributed by atoms with Crippen LogP contribution in [0.15, 0.2) is 81.4 Å². The van der Waals surface area contributed by atoms with Crippen molar-refractivity contribution in [2.45, 2.75) is 24.9 Å². The molecule has 6 rings (SSSR count). The number of carbonyl (C=O) groups is 1. The van der Waals surface area contributed by atoms with Crippen molar-refractivity contribution >= 4 is 67.3 Å². The summed E-state index contributed by atoms with van der Waals surface area (Å²) in [6, 6.07) is 20.3. The van der Waals surface area contributed by atoms with Crippen LogP contribution in [0.25, 0.3) is 27.3 Å². The monoisotopic (exact) mass is 639 g/mol. The number of alkyl halides is 1. The number of fused-ring (bicyclic) bond motifs is 1. The summed E-state index contributed by atoms with van der Waals surface area (Å²) >= 11 is 17.2. The van der Waals surface area contributed by atoms with Crippen LogP contribution in [0.4, 0.5) is 0 Å². The third kappa shape index (κ3) is 4.90. The number of β-lactam (4-membered cyclic amide) rings is 1.